The number of amides is 1. The summed E-state index contributed by atoms with van der Waals surface area (Å²) in [5.41, 5.74) is 0.406. The Labute approximate surface area is 194 Å². The van der Waals surface area contributed by atoms with Crippen LogP contribution in [0.4, 0.5) is 5.69 Å². The van der Waals surface area contributed by atoms with Crippen LogP contribution >= 0.6 is 0 Å². The van der Waals surface area contributed by atoms with Gasteiger partial charge in [0.1, 0.15) is 6.54 Å². The normalized spacial score (nSPS) is 10.9. The third-order valence-corrected chi connectivity index (χ3v) is 5.36. The molecule has 0 saturated carbocycles. The molecule has 34 heavy (non-hydrogen) atoms. The van der Waals surface area contributed by atoms with Crippen molar-refractivity contribution in [1.82, 2.24) is 18.9 Å². The van der Waals surface area contributed by atoms with E-state index in [9.17, 15) is 19.2 Å². The molecule has 0 bridgehead atoms. The van der Waals surface area contributed by atoms with Crippen LogP contribution in [0, 0.1) is 0 Å². The highest BCUT2D eigenvalue weighted by atomic mass is 16.5. The average molecular weight is 461 g/mol. The molecule has 4 rings (SSSR count). The summed E-state index contributed by atoms with van der Waals surface area (Å²) in [5, 5.41) is 6.96. The molecule has 0 spiro atoms. The van der Waals surface area contributed by atoms with Gasteiger partial charge in [0.15, 0.2) is 5.52 Å². The van der Waals surface area contributed by atoms with E-state index in [1.807, 2.05) is 37.3 Å². The zero-order chi connectivity index (χ0) is 24.2. The van der Waals surface area contributed by atoms with Gasteiger partial charge in [-0.2, -0.15) is 5.10 Å². The number of aryl methyl sites for hydroxylation is 1. The number of rotatable bonds is 7. The first-order valence-electron chi connectivity index (χ1n) is 10.6. The number of carbonyl (C=O) groups is 2. The second-order valence-corrected chi connectivity index (χ2v) is 7.55. The summed E-state index contributed by atoms with van der Waals surface area (Å²) in [5.74, 6) is -1.15. The van der Waals surface area contributed by atoms with E-state index in [1.165, 1.54) is 17.7 Å². The van der Waals surface area contributed by atoms with Crippen molar-refractivity contribution in [2.75, 3.05) is 12.4 Å². The van der Waals surface area contributed by atoms with Gasteiger partial charge < -0.3 is 10.1 Å². The number of esters is 1. The SMILES string of the molecule is CCn1cc2c(n1)c(=O)n(Cc1ccccc1)c(=O)n2CC(=O)Nc1ccccc1C(=O)OC. The fourth-order valence-corrected chi connectivity index (χ4v) is 3.66. The van der Waals surface area contributed by atoms with E-state index < -0.39 is 23.1 Å². The summed E-state index contributed by atoms with van der Waals surface area (Å²) in [7, 11) is 1.25. The molecule has 10 nitrogen and oxygen atoms in total. The lowest BCUT2D eigenvalue weighted by atomic mass is 10.2. The second kappa shape index (κ2) is 9.57. The number of fused-ring (bicyclic) bond motifs is 1. The van der Waals surface area contributed by atoms with Crippen LogP contribution in [0.3, 0.4) is 0 Å². The van der Waals surface area contributed by atoms with E-state index in [1.54, 1.807) is 29.1 Å². The van der Waals surface area contributed by atoms with Crippen molar-refractivity contribution in [2.45, 2.75) is 26.6 Å². The first-order chi connectivity index (χ1) is 16.4. The van der Waals surface area contributed by atoms with E-state index in [2.05, 4.69) is 10.4 Å². The maximum absolute atomic E-state index is 13.3. The Bertz CT molecular complexity index is 1480. The molecule has 1 amide bonds. The van der Waals surface area contributed by atoms with Crippen LogP contribution in [0.1, 0.15) is 22.8 Å². The molecular formula is C24H23N5O5. The van der Waals surface area contributed by atoms with Crippen molar-refractivity contribution >= 4 is 28.6 Å². The predicted octanol–water partition coefficient (Wildman–Crippen LogP) is 1.85. The molecule has 174 valence electrons. The number of para-hydroxylation sites is 1. The number of hydrogen-bond acceptors (Lipinski definition) is 6. The molecule has 0 aliphatic carbocycles. The minimum absolute atomic E-state index is 0.0419. The Morgan fingerprint density at radius 1 is 1.00 bits per heavy atom. The Morgan fingerprint density at radius 2 is 1.71 bits per heavy atom. The molecule has 1 N–H and O–H groups in total. The summed E-state index contributed by atoms with van der Waals surface area (Å²) in [6, 6.07) is 15.5. The van der Waals surface area contributed by atoms with Gasteiger partial charge in [-0.1, -0.05) is 42.5 Å². The topological polar surface area (TPSA) is 117 Å². The summed E-state index contributed by atoms with van der Waals surface area (Å²) in [6.45, 7) is 2.00. The van der Waals surface area contributed by atoms with Gasteiger partial charge in [0.25, 0.3) is 5.56 Å². The highest BCUT2D eigenvalue weighted by Crippen LogP contribution is 2.16. The fourth-order valence-electron chi connectivity index (χ4n) is 3.66. The minimum Gasteiger partial charge on any atom is -0.465 e. The molecule has 0 aliphatic heterocycles. The highest BCUT2D eigenvalue weighted by Gasteiger charge is 2.20. The average Bonchev–Trinajstić information content (AvgIpc) is 3.30. The summed E-state index contributed by atoms with van der Waals surface area (Å²) in [4.78, 5) is 51.4. The van der Waals surface area contributed by atoms with E-state index >= 15 is 0 Å². The van der Waals surface area contributed by atoms with Gasteiger partial charge in [0.2, 0.25) is 5.91 Å². The van der Waals surface area contributed by atoms with Crippen molar-refractivity contribution in [2.24, 2.45) is 0 Å². The molecule has 0 radical (unpaired) electrons. The predicted molar refractivity (Wildman–Crippen MR) is 126 cm³/mol. The van der Waals surface area contributed by atoms with Crippen molar-refractivity contribution in [3.8, 4) is 0 Å². The van der Waals surface area contributed by atoms with Crippen LogP contribution in [0.25, 0.3) is 11.0 Å². The summed E-state index contributed by atoms with van der Waals surface area (Å²) >= 11 is 0. The van der Waals surface area contributed by atoms with E-state index in [-0.39, 0.29) is 35.4 Å². The molecule has 0 fully saturated rings. The summed E-state index contributed by atoms with van der Waals surface area (Å²) < 4.78 is 8.59. The number of ether oxygens (including phenoxy) is 1. The number of nitrogens with one attached hydrogen (secondary N) is 1. The lowest BCUT2D eigenvalue weighted by molar-refractivity contribution is -0.116. The second-order valence-electron chi connectivity index (χ2n) is 7.55. The van der Waals surface area contributed by atoms with Crippen molar-refractivity contribution < 1.29 is 14.3 Å². The molecule has 2 aromatic carbocycles. The van der Waals surface area contributed by atoms with Crippen LogP contribution in [-0.4, -0.2) is 37.9 Å². The molecule has 2 aromatic heterocycles. The standard InChI is InChI=1S/C24H23N5O5/c1-3-27-14-19-21(26-27)22(31)29(13-16-9-5-4-6-10-16)24(33)28(19)15-20(30)25-18-12-8-7-11-17(18)23(32)34-2/h4-12,14H,3,13,15H2,1-2H3,(H,25,30). The Balaban J connectivity index is 1.75. The first kappa shape index (κ1) is 22.7. The number of hydrogen-bond donors (Lipinski definition) is 1. The maximum atomic E-state index is 13.3. The van der Waals surface area contributed by atoms with Gasteiger partial charge >= 0.3 is 11.7 Å². The fraction of sp³-hybridized carbons (Fsp3) is 0.208. The van der Waals surface area contributed by atoms with Crippen LogP contribution in [0.15, 0.2) is 70.4 Å². The molecular weight excluding hydrogens is 438 g/mol. The van der Waals surface area contributed by atoms with Crippen molar-refractivity contribution in [3.63, 3.8) is 0 Å². The molecule has 0 saturated heterocycles. The smallest absolute Gasteiger partial charge is 0.339 e. The molecule has 0 aliphatic rings. The molecule has 2 heterocycles. The van der Waals surface area contributed by atoms with Gasteiger partial charge in [-0.15, -0.1) is 0 Å². The monoisotopic (exact) mass is 461 g/mol. The van der Waals surface area contributed by atoms with E-state index in [0.717, 1.165) is 10.1 Å². The number of anilines is 1. The third-order valence-electron chi connectivity index (χ3n) is 5.36. The quantitative estimate of drug-likeness (QED) is 0.420. The third kappa shape index (κ3) is 4.38. The number of nitrogens with zero attached hydrogens (tertiary/aromatic N) is 4. The van der Waals surface area contributed by atoms with E-state index in [4.69, 9.17) is 4.74 Å². The van der Waals surface area contributed by atoms with Crippen LogP contribution in [-0.2, 0) is 29.2 Å². The van der Waals surface area contributed by atoms with Crippen LogP contribution in [0.2, 0.25) is 0 Å². The van der Waals surface area contributed by atoms with Gasteiger partial charge in [-0.3, -0.25) is 23.4 Å². The Kier molecular flexibility index (Phi) is 6.39. The lowest BCUT2D eigenvalue weighted by Gasteiger charge is -2.13. The molecule has 0 unspecified atom stereocenters. The molecule has 0 atom stereocenters. The summed E-state index contributed by atoms with van der Waals surface area (Å²) in [6.07, 6.45) is 1.57. The highest BCUT2D eigenvalue weighted by molar-refractivity contribution is 6.01. The van der Waals surface area contributed by atoms with Gasteiger partial charge in [-0.05, 0) is 24.6 Å². The number of benzene rings is 2. The zero-order valence-electron chi connectivity index (χ0n) is 18.7. The van der Waals surface area contributed by atoms with Crippen LogP contribution in [0.5, 0.6) is 0 Å². The lowest BCUT2D eigenvalue weighted by Crippen LogP contribution is -2.42. The van der Waals surface area contributed by atoms with Gasteiger partial charge in [0.05, 0.1) is 30.4 Å². The number of methoxy groups -OCH3 is 1. The Hall–Kier alpha value is -4.47. The maximum Gasteiger partial charge on any atom is 0.339 e. The van der Waals surface area contributed by atoms with Gasteiger partial charge in [0, 0.05) is 12.7 Å². The largest absolute Gasteiger partial charge is 0.465 e. The van der Waals surface area contributed by atoms with Crippen molar-refractivity contribution in [3.05, 3.63) is 92.8 Å². The Morgan fingerprint density at radius 3 is 2.41 bits per heavy atom. The number of aromatic nitrogens is 4. The first-order valence-corrected chi connectivity index (χ1v) is 10.6. The van der Waals surface area contributed by atoms with Gasteiger partial charge in [-0.25, -0.2) is 9.59 Å². The molecule has 4 aromatic rings. The van der Waals surface area contributed by atoms with E-state index in [0.29, 0.717) is 6.54 Å². The minimum atomic E-state index is -0.631. The van der Waals surface area contributed by atoms with Crippen LogP contribution < -0.4 is 16.6 Å². The zero-order valence-corrected chi connectivity index (χ0v) is 18.7. The molecule has 10 heteroatoms. The van der Waals surface area contributed by atoms with Crippen molar-refractivity contribution in [1.29, 1.82) is 0 Å². The number of carbonyl (C=O) groups excluding carboxylic acids is 2.